The molecule has 1 aliphatic heterocycles. The molecule has 22 heavy (non-hydrogen) atoms. The Morgan fingerprint density at radius 3 is 2.55 bits per heavy atom. The van der Waals surface area contributed by atoms with E-state index < -0.39 is 5.97 Å². The number of aliphatic carboxylic acids is 1. The number of urea groups is 1. The van der Waals surface area contributed by atoms with E-state index in [9.17, 15) is 14.4 Å². The molecule has 3 amide bonds. The molecule has 0 unspecified atom stereocenters. The number of rotatable bonds is 7. The van der Waals surface area contributed by atoms with E-state index in [1.54, 1.807) is 29.2 Å². The zero-order valence-corrected chi connectivity index (χ0v) is 12.2. The molecule has 1 fully saturated rings. The third-order valence-electron chi connectivity index (χ3n) is 3.40. The Hall–Kier alpha value is -2.57. The summed E-state index contributed by atoms with van der Waals surface area (Å²) in [7, 11) is 0. The molecule has 2 rings (SSSR count). The Morgan fingerprint density at radius 1 is 1.23 bits per heavy atom. The minimum absolute atomic E-state index is 0.114. The molecule has 0 spiro atoms. The predicted octanol–water partition coefficient (Wildman–Crippen LogP) is 1.20. The van der Waals surface area contributed by atoms with Crippen LogP contribution in [0.5, 0.6) is 0 Å². The normalized spacial score (nSPS) is 13.8. The Morgan fingerprint density at radius 2 is 1.95 bits per heavy atom. The molecule has 0 saturated carbocycles. The molecule has 0 atom stereocenters. The number of anilines is 1. The van der Waals surface area contributed by atoms with E-state index in [2.05, 4.69) is 10.6 Å². The van der Waals surface area contributed by atoms with E-state index in [1.165, 1.54) is 0 Å². The van der Waals surface area contributed by atoms with Crippen LogP contribution in [0, 0.1) is 0 Å². The molecule has 1 aromatic carbocycles. The van der Waals surface area contributed by atoms with Crippen LogP contribution in [0.3, 0.4) is 0 Å². The Balaban J connectivity index is 1.81. The van der Waals surface area contributed by atoms with Gasteiger partial charge in [0.2, 0.25) is 0 Å². The van der Waals surface area contributed by atoms with Gasteiger partial charge in [0.1, 0.15) is 0 Å². The molecule has 1 heterocycles. The average Bonchev–Trinajstić information content (AvgIpc) is 2.92. The Bertz CT molecular complexity index is 556. The highest BCUT2D eigenvalue weighted by Crippen LogP contribution is 2.17. The maximum absolute atomic E-state index is 11.9. The van der Waals surface area contributed by atoms with Gasteiger partial charge in [-0.25, -0.2) is 4.79 Å². The van der Waals surface area contributed by atoms with Crippen molar-refractivity contribution in [2.45, 2.75) is 19.3 Å². The fourth-order valence-corrected chi connectivity index (χ4v) is 2.22. The van der Waals surface area contributed by atoms with E-state index in [-0.39, 0.29) is 18.4 Å². The fraction of sp³-hybridized carbons (Fsp3) is 0.400. The van der Waals surface area contributed by atoms with Gasteiger partial charge in [-0.3, -0.25) is 14.5 Å². The van der Waals surface area contributed by atoms with Crippen LogP contribution in [-0.4, -0.2) is 42.6 Å². The number of hydrogen-bond donors (Lipinski definition) is 3. The van der Waals surface area contributed by atoms with Crippen molar-refractivity contribution in [3.63, 3.8) is 0 Å². The second-order valence-corrected chi connectivity index (χ2v) is 5.04. The average molecular weight is 305 g/mol. The van der Waals surface area contributed by atoms with Gasteiger partial charge in [0.15, 0.2) is 0 Å². The molecule has 0 aliphatic carbocycles. The first kappa shape index (κ1) is 15.8. The predicted molar refractivity (Wildman–Crippen MR) is 81.0 cm³/mol. The number of benzene rings is 1. The number of carboxylic acids is 1. The summed E-state index contributed by atoms with van der Waals surface area (Å²) in [6.07, 6.45) is 1.28. The van der Waals surface area contributed by atoms with Crippen molar-refractivity contribution in [3.05, 3.63) is 29.8 Å². The molecule has 1 aliphatic rings. The lowest BCUT2D eigenvalue weighted by Gasteiger charge is -2.14. The number of carboxylic acid groups (broad SMARTS) is 1. The third-order valence-corrected chi connectivity index (χ3v) is 3.40. The van der Waals surface area contributed by atoms with E-state index in [1.807, 2.05) is 0 Å². The molecule has 0 bridgehead atoms. The molecule has 0 radical (unpaired) electrons. The van der Waals surface area contributed by atoms with Crippen molar-refractivity contribution in [1.29, 1.82) is 0 Å². The lowest BCUT2D eigenvalue weighted by molar-refractivity contribution is -0.137. The molecule has 118 valence electrons. The van der Waals surface area contributed by atoms with Crippen LogP contribution in [0.2, 0.25) is 0 Å². The molecular weight excluding hydrogens is 286 g/mol. The summed E-state index contributed by atoms with van der Waals surface area (Å²) < 4.78 is 0. The maximum Gasteiger partial charge on any atom is 0.321 e. The quantitative estimate of drug-likeness (QED) is 0.659. The maximum atomic E-state index is 11.9. The number of carbonyl (C=O) groups is 3. The van der Waals surface area contributed by atoms with Crippen LogP contribution in [0.25, 0.3) is 0 Å². The van der Waals surface area contributed by atoms with Gasteiger partial charge in [-0.15, -0.1) is 0 Å². The zero-order chi connectivity index (χ0) is 15.9. The Labute approximate surface area is 128 Å². The number of amides is 3. The van der Waals surface area contributed by atoms with Crippen LogP contribution in [-0.2, 0) is 4.79 Å². The van der Waals surface area contributed by atoms with Gasteiger partial charge in [0, 0.05) is 37.3 Å². The van der Waals surface area contributed by atoms with Crippen LogP contribution in [0.1, 0.15) is 29.6 Å². The highest BCUT2D eigenvalue weighted by molar-refractivity contribution is 5.96. The first-order valence-electron chi connectivity index (χ1n) is 7.23. The van der Waals surface area contributed by atoms with Crippen molar-refractivity contribution in [2.75, 3.05) is 24.5 Å². The van der Waals surface area contributed by atoms with Crippen LogP contribution >= 0.6 is 0 Å². The highest BCUT2D eigenvalue weighted by Gasteiger charge is 2.21. The monoisotopic (exact) mass is 305 g/mol. The number of hydrogen-bond acceptors (Lipinski definition) is 3. The first-order valence-corrected chi connectivity index (χ1v) is 7.23. The first-order chi connectivity index (χ1) is 10.6. The van der Waals surface area contributed by atoms with Crippen molar-refractivity contribution >= 4 is 23.6 Å². The van der Waals surface area contributed by atoms with Gasteiger partial charge in [-0.2, -0.15) is 0 Å². The molecule has 3 N–H and O–H groups in total. The van der Waals surface area contributed by atoms with Gasteiger partial charge < -0.3 is 15.7 Å². The van der Waals surface area contributed by atoms with Gasteiger partial charge in [-0.1, -0.05) is 0 Å². The molecule has 7 nitrogen and oxygen atoms in total. The largest absolute Gasteiger partial charge is 0.481 e. The van der Waals surface area contributed by atoms with Crippen molar-refractivity contribution in [1.82, 2.24) is 10.6 Å². The van der Waals surface area contributed by atoms with Gasteiger partial charge in [0.05, 0.1) is 0 Å². The van der Waals surface area contributed by atoms with E-state index in [0.717, 1.165) is 5.69 Å². The van der Waals surface area contributed by atoms with E-state index >= 15 is 0 Å². The second kappa shape index (κ2) is 7.44. The molecule has 1 aromatic rings. The molecular formula is C15H19N3O4. The SMILES string of the molecule is O=C(O)CCCCNC(=O)c1ccc(N2CCNC2=O)cc1. The topological polar surface area (TPSA) is 98.7 Å². The van der Waals surface area contributed by atoms with Crippen molar-refractivity contribution < 1.29 is 19.5 Å². The summed E-state index contributed by atoms with van der Waals surface area (Å²) >= 11 is 0. The minimum Gasteiger partial charge on any atom is -0.481 e. The number of nitrogens with one attached hydrogen (secondary N) is 2. The standard InChI is InChI=1S/C15H19N3O4/c19-13(20)3-1-2-8-16-14(21)11-4-6-12(7-5-11)18-10-9-17-15(18)22/h4-7H,1-3,8-10H2,(H,16,21)(H,17,22)(H,19,20). The summed E-state index contributed by atoms with van der Waals surface area (Å²) in [5.74, 6) is -1.03. The zero-order valence-electron chi connectivity index (χ0n) is 12.2. The summed E-state index contributed by atoms with van der Waals surface area (Å²) in [4.78, 5) is 35.4. The summed E-state index contributed by atoms with van der Waals surface area (Å²) in [5, 5.41) is 14.0. The van der Waals surface area contributed by atoms with Gasteiger partial charge in [-0.05, 0) is 37.1 Å². The van der Waals surface area contributed by atoms with Gasteiger partial charge >= 0.3 is 12.0 Å². The number of nitrogens with zero attached hydrogens (tertiary/aromatic N) is 1. The lowest BCUT2D eigenvalue weighted by Crippen LogP contribution is -2.28. The van der Waals surface area contributed by atoms with Crippen molar-refractivity contribution in [3.8, 4) is 0 Å². The van der Waals surface area contributed by atoms with Crippen LogP contribution in [0.4, 0.5) is 10.5 Å². The third kappa shape index (κ3) is 4.21. The summed E-state index contributed by atoms with van der Waals surface area (Å²) in [6.45, 7) is 1.69. The second-order valence-electron chi connectivity index (χ2n) is 5.04. The van der Waals surface area contributed by atoms with Gasteiger partial charge in [0.25, 0.3) is 5.91 Å². The molecule has 0 aromatic heterocycles. The fourth-order valence-electron chi connectivity index (χ4n) is 2.22. The van der Waals surface area contributed by atoms with Crippen LogP contribution in [0.15, 0.2) is 24.3 Å². The minimum atomic E-state index is -0.826. The summed E-state index contributed by atoms with van der Waals surface area (Å²) in [6, 6.07) is 6.70. The van der Waals surface area contributed by atoms with E-state index in [0.29, 0.717) is 38.0 Å². The Kier molecular flexibility index (Phi) is 5.35. The van der Waals surface area contributed by atoms with E-state index in [4.69, 9.17) is 5.11 Å². The summed E-state index contributed by atoms with van der Waals surface area (Å²) in [5.41, 5.74) is 1.27. The number of carbonyl (C=O) groups excluding carboxylic acids is 2. The number of unbranched alkanes of at least 4 members (excludes halogenated alkanes) is 1. The smallest absolute Gasteiger partial charge is 0.321 e. The lowest BCUT2D eigenvalue weighted by atomic mass is 10.1. The van der Waals surface area contributed by atoms with Crippen molar-refractivity contribution in [2.24, 2.45) is 0 Å². The molecule has 7 heteroatoms. The highest BCUT2D eigenvalue weighted by atomic mass is 16.4. The molecule has 1 saturated heterocycles. The van der Waals surface area contributed by atoms with Crippen LogP contribution < -0.4 is 15.5 Å².